The molecule has 0 heterocycles. The molecule has 39 heavy (non-hydrogen) atoms. The van der Waals surface area contributed by atoms with Gasteiger partial charge in [-0.2, -0.15) is 0 Å². The molecule has 0 unspecified atom stereocenters. The Morgan fingerprint density at radius 3 is 2.46 bits per heavy atom. The minimum absolute atomic E-state index is 0.130. The number of carbonyl (C=O) groups is 2. The molecule has 2 aliphatic rings. The lowest BCUT2D eigenvalue weighted by Crippen LogP contribution is -2.43. The molecule has 2 aliphatic carbocycles. The number of amides is 1. The number of nitrogens with one attached hydrogen (secondary N) is 1. The summed E-state index contributed by atoms with van der Waals surface area (Å²) in [5, 5.41) is 14.6. The van der Waals surface area contributed by atoms with Crippen LogP contribution in [-0.4, -0.2) is 49.3 Å². The van der Waals surface area contributed by atoms with Gasteiger partial charge in [-0.05, 0) is 68.5 Å². The van der Waals surface area contributed by atoms with E-state index in [4.69, 9.17) is 9.47 Å². The highest BCUT2D eigenvalue weighted by molar-refractivity contribution is 5.73. The van der Waals surface area contributed by atoms with Crippen molar-refractivity contribution in [3.63, 3.8) is 0 Å². The highest BCUT2D eigenvalue weighted by atomic mass is 16.5. The number of hydrogen-bond donors (Lipinski definition) is 2. The van der Waals surface area contributed by atoms with E-state index < -0.39 is 11.7 Å². The molecule has 7 heteroatoms. The van der Waals surface area contributed by atoms with Crippen LogP contribution in [0.4, 0.5) is 4.79 Å². The quantitative estimate of drug-likeness (QED) is 0.295. The predicted molar refractivity (Wildman–Crippen MR) is 151 cm³/mol. The predicted octanol–water partition coefficient (Wildman–Crippen LogP) is 5.80. The Kier molecular flexibility index (Phi) is 10.0. The molecule has 2 atom stereocenters. The fraction of sp³-hybridized carbons (Fsp3) is 0.562. The molecule has 1 amide bonds. The van der Waals surface area contributed by atoms with Crippen molar-refractivity contribution in [1.82, 2.24) is 10.2 Å². The lowest BCUT2D eigenvalue weighted by Gasteiger charge is -2.41. The highest BCUT2D eigenvalue weighted by Crippen LogP contribution is 2.43. The summed E-state index contributed by atoms with van der Waals surface area (Å²) >= 11 is 0. The lowest BCUT2D eigenvalue weighted by molar-refractivity contribution is -0.137. The largest absolute Gasteiger partial charge is 0.445 e. The molecule has 212 valence electrons. The lowest BCUT2D eigenvalue weighted by atomic mass is 9.71. The van der Waals surface area contributed by atoms with Crippen molar-refractivity contribution in [2.75, 3.05) is 27.2 Å². The standard InChI is InChI=1S/C32H44N2O5/c1-34(2)22-27-14-7-10-19-32(27,37)26-15-11-16-28(20-26)39-29(35)21-31(17-8-4-9-18-31)24-33-30(36)38-23-25-12-5-3-6-13-25/h3,5-6,11-13,15-16,20,27,37H,4,7-10,14,17-19,21-24H2,1-2H3,(H,33,36)/t27-,32+/m0/s1. The van der Waals surface area contributed by atoms with E-state index in [1.165, 1.54) is 0 Å². The van der Waals surface area contributed by atoms with Crippen molar-refractivity contribution < 1.29 is 24.2 Å². The topological polar surface area (TPSA) is 88.1 Å². The van der Waals surface area contributed by atoms with Gasteiger partial charge in [0.1, 0.15) is 12.4 Å². The monoisotopic (exact) mass is 536 g/mol. The van der Waals surface area contributed by atoms with Crippen LogP contribution < -0.4 is 10.1 Å². The van der Waals surface area contributed by atoms with Crippen LogP contribution in [0.2, 0.25) is 0 Å². The first-order valence-corrected chi connectivity index (χ1v) is 14.4. The van der Waals surface area contributed by atoms with Crippen molar-refractivity contribution in [2.24, 2.45) is 11.3 Å². The second-order valence-corrected chi connectivity index (χ2v) is 11.8. The van der Waals surface area contributed by atoms with Crippen LogP contribution in [0.1, 0.15) is 75.3 Å². The van der Waals surface area contributed by atoms with Crippen molar-refractivity contribution in [2.45, 2.75) is 76.4 Å². The molecule has 0 spiro atoms. The van der Waals surface area contributed by atoms with Crippen molar-refractivity contribution in [1.29, 1.82) is 0 Å². The fourth-order valence-corrected chi connectivity index (χ4v) is 6.35. The summed E-state index contributed by atoms with van der Waals surface area (Å²) in [5.74, 6) is 0.278. The Hall–Kier alpha value is -2.90. The maximum Gasteiger partial charge on any atom is 0.407 e. The summed E-state index contributed by atoms with van der Waals surface area (Å²) < 4.78 is 11.2. The maximum atomic E-state index is 13.2. The normalized spacial score (nSPS) is 22.7. The van der Waals surface area contributed by atoms with Gasteiger partial charge in [0.25, 0.3) is 0 Å². The van der Waals surface area contributed by atoms with E-state index in [0.717, 1.165) is 69.0 Å². The summed E-state index contributed by atoms with van der Waals surface area (Å²) in [6.45, 7) is 1.39. The van der Waals surface area contributed by atoms with Crippen molar-refractivity contribution in [3.8, 4) is 5.75 Å². The summed E-state index contributed by atoms with van der Waals surface area (Å²) in [4.78, 5) is 27.7. The number of esters is 1. The van der Waals surface area contributed by atoms with Gasteiger partial charge in [0.2, 0.25) is 0 Å². The number of aliphatic hydroxyl groups is 1. The van der Waals surface area contributed by atoms with Crippen LogP contribution in [0.25, 0.3) is 0 Å². The molecule has 0 aromatic heterocycles. The zero-order valence-corrected chi connectivity index (χ0v) is 23.5. The molecule has 2 aromatic rings. The van der Waals surface area contributed by atoms with Gasteiger partial charge < -0.3 is 24.8 Å². The average molecular weight is 537 g/mol. The van der Waals surface area contributed by atoms with Crippen molar-refractivity contribution in [3.05, 3.63) is 65.7 Å². The van der Waals surface area contributed by atoms with Crippen molar-refractivity contribution >= 4 is 12.1 Å². The zero-order valence-electron chi connectivity index (χ0n) is 23.5. The average Bonchev–Trinajstić information content (AvgIpc) is 2.93. The van der Waals surface area contributed by atoms with Crippen LogP contribution in [-0.2, 0) is 21.7 Å². The number of carbonyl (C=O) groups excluding carboxylic acids is 2. The summed E-state index contributed by atoms with van der Waals surface area (Å²) in [7, 11) is 4.07. The number of alkyl carbamates (subject to hydrolysis) is 1. The fourth-order valence-electron chi connectivity index (χ4n) is 6.35. The van der Waals surface area contributed by atoms with E-state index in [-0.39, 0.29) is 30.3 Å². The molecule has 7 nitrogen and oxygen atoms in total. The molecule has 4 rings (SSSR count). The third kappa shape index (κ3) is 8.05. The van der Waals surface area contributed by atoms with Gasteiger partial charge in [-0.15, -0.1) is 0 Å². The van der Waals surface area contributed by atoms with Gasteiger partial charge in [0, 0.05) is 19.0 Å². The van der Waals surface area contributed by atoms with E-state index in [1.54, 1.807) is 6.07 Å². The van der Waals surface area contributed by atoms with E-state index in [2.05, 4.69) is 10.2 Å². The number of ether oxygens (including phenoxy) is 2. The van der Waals surface area contributed by atoms with E-state index in [0.29, 0.717) is 18.7 Å². The molecular weight excluding hydrogens is 492 g/mol. The smallest absolute Gasteiger partial charge is 0.407 e. The van der Waals surface area contributed by atoms with Crippen LogP contribution in [0.3, 0.4) is 0 Å². The Morgan fingerprint density at radius 1 is 0.974 bits per heavy atom. The second kappa shape index (κ2) is 13.4. The van der Waals surface area contributed by atoms with Crippen LogP contribution >= 0.6 is 0 Å². The summed E-state index contributed by atoms with van der Waals surface area (Å²) in [5.41, 5.74) is 0.461. The van der Waals surface area contributed by atoms with Crippen LogP contribution in [0.15, 0.2) is 54.6 Å². The Bertz CT molecular complexity index is 1080. The van der Waals surface area contributed by atoms with Gasteiger partial charge in [0.05, 0.1) is 12.0 Å². The molecule has 0 saturated heterocycles. The van der Waals surface area contributed by atoms with Gasteiger partial charge in [0.15, 0.2) is 0 Å². The number of nitrogens with zero attached hydrogens (tertiary/aromatic N) is 1. The Morgan fingerprint density at radius 2 is 1.72 bits per heavy atom. The Balaban J connectivity index is 1.37. The molecule has 0 bridgehead atoms. The highest BCUT2D eigenvalue weighted by Gasteiger charge is 2.41. The van der Waals surface area contributed by atoms with Gasteiger partial charge in [-0.1, -0.05) is 74.6 Å². The first-order chi connectivity index (χ1) is 18.8. The minimum Gasteiger partial charge on any atom is -0.445 e. The summed E-state index contributed by atoms with van der Waals surface area (Å²) in [6, 6.07) is 17.0. The SMILES string of the molecule is CN(C)C[C@@H]1CCCC[C@@]1(O)c1cccc(OC(=O)CC2(CNC(=O)OCc3ccccc3)CCCCC2)c1. The van der Waals surface area contributed by atoms with E-state index in [1.807, 2.05) is 62.6 Å². The van der Waals surface area contributed by atoms with Crippen LogP contribution in [0.5, 0.6) is 5.75 Å². The van der Waals surface area contributed by atoms with Gasteiger partial charge in [-0.3, -0.25) is 4.79 Å². The molecule has 0 radical (unpaired) electrons. The van der Waals surface area contributed by atoms with Gasteiger partial charge in [-0.25, -0.2) is 4.79 Å². The minimum atomic E-state index is -0.931. The Labute approximate surface area is 232 Å². The first-order valence-electron chi connectivity index (χ1n) is 14.4. The maximum absolute atomic E-state index is 13.2. The molecule has 2 aromatic carbocycles. The second-order valence-electron chi connectivity index (χ2n) is 11.8. The first kappa shape index (κ1) is 29.1. The summed E-state index contributed by atoms with van der Waals surface area (Å²) in [6.07, 6.45) is 8.40. The van der Waals surface area contributed by atoms with Crippen LogP contribution in [0, 0.1) is 11.3 Å². The van der Waals surface area contributed by atoms with E-state index >= 15 is 0 Å². The van der Waals surface area contributed by atoms with E-state index in [9.17, 15) is 14.7 Å². The van der Waals surface area contributed by atoms with Gasteiger partial charge >= 0.3 is 12.1 Å². The third-order valence-corrected chi connectivity index (χ3v) is 8.44. The number of benzene rings is 2. The number of hydrogen-bond acceptors (Lipinski definition) is 6. The molecule has 0 aliphatic heterocycles. The number of rotatable bonds is 10. The molecule has 2 N–H and O–H groups in total. The third-order valence-electron chi connectivity index (χ3n) is 8.44. The molecular formula is C32H44N2O5. The molecule has 2 saturated carbocycles. The molecule has 2 fully saturated rings. The zero-order chi connectivity index (χ0) is 27.7.